The van der Waals surface area contributed by atoms with Crippen molar-refractivity contribution in [2.45, 2.75) is 38.4 Å². The molecule has 2 unspecified atom stereocenters. The molecule has 0 radical (unpaired) electrons. The molecule has 156 valence electrons. The molecule has 0 aliphatic carbocycles. The van der Waals surface area contributed by atoms with Crippen LogP contribution in [0.1, 0.15) is 26.2 Å². The van der Waals surface area contributed by atoms with Gasteiger partial charge in [0.05, 0.1) is 17.7 Å². The Balaban J connectivity index is 1.93. The van der Waals surface area contributed by atoms with Gasteiger partial charge in [-0.25, -0.2) is 4.99 Å². The maximum atomic E-state index is 11.9. The molecule has 0 bridgehead atoms. The van der Waals surface area contributed by atoms with Crippen LogP contribution < -0.4 is 15.4 Å². The second-order valence-corrected chi connectivity index (χ2v) is 7.34. The number of para-hydroxylation sites is 1. The molecule has 1 saturated heterocycles. The van der Waals surface area contributed by atoms with Crippen molar-refractivity contribution < 1.29 is 14.3 Å². The average molecular weight is 411 g/mol. The van der Waals surface area contributed by atoms with Gasteiger partial charge in [-0.05, 0) is 31.4 Å². The molecule has 1 fully saturated rings. The number of ether oxygens (including phenoxy) is 2. The van der Waals surface area contributed by atoms with E-state index in [-0.39, 0.29) is 24.7 Å². The number of likely N-dealkylation sites (N-methyl/N-ethyl adjacent to an activating group) is 1. The number of hydrogen-bond acceptors (Lipinski definition) is 4. The van der Waals surface area contributed by atoms with E-state index in [0.717, 1.165) is 25.9 Å². The van der Waals surface area contributed by atoms with Gasteiger partial charge in [-0.1, -0.05) is 30.7 Å². The fourth-order valence-electron chi connectivity index (χ4n) is 2.68. The minimum atomic E-state index is -0.0841. The van der Waals surface area contributed by atoms with E-state index in [0.29, 0.717) is 29.8 Å². The molecule has 8 heteroatoms. The number of benzene rings is 1. The SMILES string of the molecule is CCC(CNC(=NCC(=O)N(C)C)NCC1CCCO1)Oc1ccccc1Cl. The fourth-order valence-corrected chi connectivity index (χ4v) is 2.86. The molecule has 2 atom stereocenters. The smallest absolute Gasteiger partial charge is 0.243 e. The third-order valence-electron chi connectivity index (χ3n) is 4.48. The number of rotatable bonds is 9. The Morgan fingerprint density at radius 2 is 2.18 bits per heavy atom. The number of carbonyl (C=O) groups is 1. The summed E-state index contributed by atoms with van der Waals surface area (Å²) in [7, 11) is 3.44. The van der Waals surface area contributed by atoms with E-state index in [1.807, 2.05) is 18.2 Å². The summed E-state index contributed by atoms with van der Waals surface area (Å²) in [6.45, 7) is 4.12. The predicted molar refractivity (Wildman–Crippen MR) is 112 cm³/mol. The zero-order valence-electron chi connectivity index (χ0n) is 16.9. The van der Waals surface area contributed by atoms with Gasteiger partial charge in [-0.15, -0.1) is 0 Å². The minimum absolute atomic E-state index is 0.0578. The Labute approximate surface area is 172 Å². The maximum Gasteiger partial charge on any atom is 0.243 e. The summed E-state index contributed by atoms with van der Waals surface area (Å²) in [5, 5.41) is 7.13. The van der Waals surface area contributed by atoms with Crippen molar-refractivity contribution in [3.8, 4) is 5.75 Å². The summed E-state index contributed by atoms with van der Waals surface area (Å²) < 4.78 is 11.7. The molecule has 0 spiro atoms. The fraction of sp³-hybridized carbons (Fsp3) is 0.600. The van der Waals surface area contributed by atoms with E-state index < -0.39 is 0 Å². The zero-order chi connectivity index (χ0) is 20.4. The lowest BCUT2D eigenvalue weighted by Crippen LogP contribution is -2.45. The summed E-state index contributed by atoms with van der Waals surface area (Å²) in [5.74, 6) is 1.18. The van der Waals surface area contributed by atoms with Gasteiger partial charge >= 0.3 is 0 Å². The van der Waals surface area contributed by atoms with Crippen molar-refractivity contribution in [3.05, 3.63) is 29.3 Å². The Bertz CT molecular complexity index is 648. The van der Waals surface area contributed by atoms with Crippen LogP contribution in [0.2, 0.25) is 5.02 Å². The van der Waals surface area contributed by atoms with Crippen LogP contribution >= 0.6 is 11.6 Å². The third kappa shape index (κ3) is 7.56. The highest BCUT2D eigenvalue weighted by molar-refractivity contribution is 6.32. The number of hydrogen-bond donors (Lipinski definition) is 2. The highest BCUT2D eigenvalue weighted by atomic mass is 35.5. The van der Waals surface area contributed by atoms with Crippen molar-refractivity contribution in [2.24, 2.45) is 4.99 Å². The van der Waals surface area contributed by atoms with Crippen LogP contribution in [0.5, 0.6) is 5.75 Å². The Kier molecular flexibility index (Phi) is 9.37. The normalized spacial score (nSPS) is 17.9. The van der Waals surface area contributed by atoms with Crippen LogP contribution in [0, 0.1) is 0 Å². The number of guanidine groups is 1. The monoisotopic (exact) mass is 410 g/mol. The molecule has 7 nitrogen and oxygen atoms in total. The van der Waals surface area contributed by atoms with Crippen LogP contribution in [0.3, 0.4) is 0 Å². The molecule has 1 aromatic rings. The average Bonchev–Trinajstić information content (AvgIpc) is 3.20. The van der Waals surface area contributed by atoms with Crippen LogP contribution in [0.25, 0.3) is 0 Å². The van der Waals surface area contributed by atoms with Gasteiger partial charge in [0.1, 0.15) is 18.4 Å². The van der Waals surface area contributed by atoms with Crippen LogP contribution in [0.4, 0.5) is 0 Å². The van der Waals surface area contributed by atoms with Gasteiger partial charge in [-0.3, -0.25) is 4.79 Å². The second-order valence-electron chi connectivity index (χ2n) is 6.93. The number of aliphatic imine (C=N–C) groups is 1. The zero-order valence-corrected chi connectivity index (χ0v) is 17.7. The molecule has 1 aliphatic heterocycles. The Hall–Kier alpha value is -1.99. The molecule has 28 heavy (non-hydrogen) atoms. The minimum Gasteiger partial charge on any atom is -0.487 e. The molecule has 1 heterocycles. The van der Waals surface area contributed by atoms with E-state index >= 15 is 0 Å². The van der Waals surface area contributed by atoms with Gasteiger partial charge < -0.3 is 25.0 Å². The highest BCUT2D eigenvalue weighted by Crippen LogP contribution is 2.24. The van der Waals surface area contributed by atoms with Gasteiger partial charge in [0, 0.05) is 27.2 Å². The van der Waals surface area contributed by atoms with Crippen LogP contribution in [-0.4, -0.2) is 69.3 Å². The topological polar surface area (TPSA) is 75.2 Å². The van der Waals surface area contributed by atoms with E-state index in [9.17, 15) is 4.79 Å². The van der Waals surface area contributed by atoms with Crippen molar-refractivity contribution in [3.63, 3.8) is 0 Å². The summed E-state index contributed by atoms with van der Waals surface area (Å²) in [4.78, 5) is 17.8. The van der Waals surface area contributed by atoms with Crippen molar-refractivity contribution in [1.82, 2.24) is 15.5 Å². The molecular weight excluding hydrogens is 380 g/mol. The summed E-state index contributed by atoms with van der Waals surface area (Å²) in [6.07, 6.45) is 3.00. The van der Waals surface area contributed by atoms with Gasteiger partial charge in [0.25, 0.3) is 0 Å². The molecule has 1 aliphatic rings. The van der Waals surface area contributed by atoms with Gasteiger partial charge in [0.2, 0.25) is 5.91 Å². The molecule has 2 rings (SSSR count). The Morgan fingerprint density at radius 1 is 1.39 bits per heavy atom. The first-order chi connectivity index (χ1) is 13.5. The molecule has 1 amide bonds. The molecule has 0 saturated carbocycles. The van der Waals surface area contributed by atoms with Crippen molar-refractivity contribution in [2.75, 3.05) is 40.3 Å². The summed E-state index contributed by atoms with van der Waals surface area (Å²) in [6, 6.07) is 7.42. The quantitative estimate of drug-likeness (QED) is 0.482. The molecule has 2 N–H and O–H groups in total. The maximum absolute atomic E-state index is 11.9. The summed E-state index contributed by atoms with van der Waals surface area (Å²) >= 11 is 6.19. The lowest BCUT2D eigenvalue weighted by Gasteiger charge is -2.21. The third-order valence-corrected chi connectivity index (χ3v) is 4.79. The molecule has 1 aromatic carbocycles. The van der Waals surface area contributed by atoms with Gasteiger partial charge in [-0.2, -0.15) is 0 Å². The van der Waals surface area contributed by atoms with Crippen LogP contribution in [0.15, 0.2) is 29.3 Å². The van der Waals surface area contributed by atoms with Crippen molar-refractivity contribution in [1.29, 1.82) is 0 Å². The van der Waals surface area contributed by atoms with Crippen LogP contribution in [-0.2, 0) is 9.53 Å². The number of amides is 1. The second kappa shape index (κ2) is 11.8. The number of nitrogens with one attached hydrogen (secondary N) is 2. The highest BCUT2D eigenvalue weighted by Gasteiger charge is 2.17. The first-order valence-electron chi connectivity index (χ1n) is 9.74. The van der Waals surface area contributed by atoms with E-state index in [1.54, 1.807) is 20.2 Å². The Morgan fingerprint density at radius 3 is 2.82 bits per heavy atom. The van der Waals surface area contributed by atoms with Crippen molar-refractivity contribution >= 4 is 23.5 Å². The summed E-state index contributed by atoms with van der Waals surface area (Å²) in [5.41, 5.74) is 0. The lowest BCUT2D eigenvalue weighted by atomic mass is 10.2. The van der Waals surface area contributed by atoms with E-state index in [2.05, 4.69) is 22.5 Å². The number of nitrogens with zero attached hydrogens (tertiary/aromatic N) is 2. The van der Waals surface area contributed by atoms with E-state index in [4.69, 9.17) is 21.1 Å². The number of carbonyl (C=O) groups excluding carboxylic acids is 1. The number of halogens is 1. The first kappa shape index (κ1) is 22.3. The lowest BCUT2D eigenvalue weighted by molar-refractivity contribution is -0.127. The predicted octanol–water partition coefficient (Wildman–Crippen LogP) is 2.30. The molecular formula is C20H31ClN4O3. The standard InChI is InChI=1S/C20H31ClN4O3/c1-4-15(28-18-10-6-5-9-17(18)21)12-22-20(24-14-19(26)25(2)3)23-13-16-8-7-11-27-16/h5-6,9-10,15-16H,4,7-8,11-14H2,1-3H3,(H2,22,23,24). The first-order valence-corrected chi connectivity index (χ1v) is 10.1. The van der Waals surface area contributed by atoms with Gasteiger partial charge in [0.15, 0.2) is 5.96 Å². The largest absolute Gasteiger partial charge is 0.487 e. The van der Waals surface area contributed by atoms with E-state index in [1.165, 1.54) is 4.90 Å². The molecule has 0 aromatic heterocycles.